The first-order chi connectivity index (χ1) is 17.5. The fraction of sp³-hybridized carbons (Fsp3) is 0.667. The number of allylic oxidation sites excluding steroid dienone is 1. The second kappa shape index (κ2) is 12.6. The molecule has 36 heavy (non-hydrogen) atoms. The van der Waals surface area contributed by atoms with Crippen LogP contribution in [0.25, 0.3) is 0 Å². The first kappa shape index (κ1) is 26.6. The van der Waals surface area contributed by atoms with E-state index in [1.807, 2.05) is 35.2 Å². The summed E-state index contributed by atoms with van der Waals surface area (Å²) >= 11 is 0. The van der Waals surface area contributed by atoms with E-state index >= 15 is 0 Å². The lowest BCUT2D eigenvalue weighted by atomic mass is 9.76. The Kier molecular flexibility index (Phi) is 9.33. The number of benzene rings is 1. The summed E-state index contributed by atoms with van der Waals surface area (Å²) in [7, 11) is 0. The van der Waals surface area contributed by atoms with Crippen LogP contribution in [-0.2, 0) is 4.79 Å². The van der Waals surface area contributed by atoms with Crippen LogP contribution in [0.15, 0.2) is 42.1 Å². The maximum atomic E-state index is 12.7. The van der Waals surface area contributed by atoms with Crippen LogP contribution in [0.2, 0.25) is 0 Å². The molecule has 198 valence electrons. The minimum Gasteiger partial charge on any atom is -0.484 e. The maximum Gasteiger partial charge on any atom is 0.260 e. The van der Waals surface area contributed by atoms with Gasteiger partial charge < -0.3 is 19.9 Å². The van der Waals surface area contributed by atoms with Crippen molar-refractivity contribution in [3.8, 4) is 5.75 Å². The van der Waals surface area contributed by atoms with Crippen molar-refractivity contribution in [2.24, 2.45) is 11.8 Å². The first-order valence-corrected chi connectivity index (χ1v) is 14.3. The van der Waals surface area contributed by atoms with E-state index in [9.17, 15) is 4.79 Å². The van der Waals surface area contributed by atoms with Crippen LogP contribution in [-0.4, -0.2) is 53.4 Å². The number of rotatable bonds is 10. The van der Waals surface area contributed by atoms with Crippen molar-refractivity contribution >= 4 is 11.9 Å². The Balaban J connectivity index is 1.33. The van der Waals surface area contributed by atoms with Gasteiger partial charge in [-0.2, -0.15) is 0 Å². The van der Waals surface area contributed by atoms with Gasteiger partial charge in [0, 0.05) is 25.3 Å². The number of piperidine rings is 1. The highest BCUT2D eigenvalue weighted by Crippen LogP contribution is 2.41. The van der Waals surface area contributed by atoms with Gasteiger partial charge in [0.05, 0.1) is 5.54 Å². The number of amides is 1. The zero-order chi connectivity index (χ0) is 25.4. The molecule has 0 radical (unpaired) electrons. The summed E-state index contributed by atoms with van der Waals surface area (Å²) in [5.74, 6) is 2.62. The van der Waals surface area contributed by atoms with Crippen molar-refractivity contribution in [1.82, 2.24) is 15.1 Å². The maximum absolute atomic E-state index is 12.7. The summed E-state index contributed by atoms with van der Waals surface area (Å²) in [6, 6.07) is 9.54. The summed E-state index contributed by atoms with van der Waals surface area (Å²) in [5.41, 5.74) is 1.23. The third kappa shape index (κ3) is 6.43. The molecule has 4 rings (SSSR count). The molecule has 2 heterocycles. The zero-order valence-corrected chi connectivity index (χ0v) is 22.4. The highest BCUT2D eigenvalue weighted by molar-refractivity contribution is 5.84. The lowest BCUT2D eigenvalue weighted by Gasteiger charge is -2.38. The Morgan fingerprint density at radius 1 is 1.11 bits per heavy atom. The van der Waals surface area contributed by atoms with Crippen LogP contribution in [0.4, 0.5) is 0 Å². The van der Waals surface area contributed by atoms with Gasteiger partial charge in [0.2, 0.25) is 0 Å². The van der Waals surface area contributed by atoms with Gasteiger partial charge >= 0.3 is 0 Å². The molecule has 0 bridgehead atoms. The number of nitrogens with zero attached hydrogens (tertiary/aromatic N) is 2. The number of likely N-dealkylation sites (tertiary alicyclic amines) is 1. The van der Waals surface area contributed by atoms with Crippen LogP contribution < -0.4 is 10.1 Å². The molecule has 6 heteroatoms. The zero-order valence-electron chi connectivity index (χ0n) is 22.4. The molecule has 1 atom stereocenters. The molecule has 1 aromatic carbocycles. The van der Waals surface area contributed by atoms with Crippen molar-refractivity contribution in [1.29, 1.82) is 5.41 Å². The SMILES string of the molecule is CC=C1N(CC2CCN(C(=O)COc3ccccc3)CC2)C(=N)NC1(CCCC)CC1CCCCC1. The van der Waals surface area contributed by atoms with Crippen LogP contribution in [0, 0.1) is 17.2 Å². The predicted octanol–water partition coefficient (Wildman–Crippen LogP) is 5.95. The van der Waals surface area contributed by atoms with Gasteiger partial charge in [-0.3, -0.25) is 10.2 Å². The van der Waals surface area contributed by atoms with E-state index in [-0.39, 0.29) is 18.1 Å². The number of hydrogen-bond donors (Lipinski definition) is 2. The molecule has 6 nitrogen and oxygen atoms in total. The Labute approximate surface area is 218 Å². The van der Waals surface area contributed by atoms with E-state index in [0.717, 1.165) is 57.0 Å². The molecule has 3 aliphatic rings. The molecular weight excluding hydrogens is 448 g/mol. The van der Waals surface area contributed by atoms with Gasteiger partial charge in [-0.05, 0) is 56.6 Å². The van der Waals surface area contributed by atoms with E-state index in [2.05, 4.69) is 30.1 Å². The van der Waals surface area contributed by atoms with Crippen LogP contribution in [0.1, 0.15) is 84.5 Å². The minimum absolute atomic E-state index is 0.0630. The van der Waals surface area contributed by atoms with E-state index in [0.29, 0.717) is 11.9 Å². The lowest BCUT2D eigenvalue weighted by molar-refractivity contribution is -0.134. The molecule has 1 amide bonds. The number of carbonyl (C=O) groups is 1. The minimum atomic E-state index is -0.0880. The van der Waals surface area contributed by atoms with Crippen molar-refractivity contribution in [3.05, 3.63) is 42.1 Å². The third-order valence-corrected chi connectivity index (χ3v) is 8.51. The summed E-state index contributed by atoms with van der Waals surface area (Å²) in [4.78, 5) is 16.9. The van der Waals surface area contributed by atoms with Gasteiger partial charge in [0.1, 0.15) is 5.75 Å². The third-order valence-electron chi connectivity index (χ3n) is 8.51. The Morgan fingerprint density at radius 2 is 1.83 bits per heavy atom. The van der Waals surface area contributed by atoms with E-state index < -0.39 is 0 Å². The monoisotopic (exact) mass is 494 g/mol. The van der Waals surface area contributed by atoms with Crippen LogP contribution in [0.5, 0.6) is 5.75 Å². The van der Waals surface area contributed by atoms with Gasteiger partial charge in [-0.25, -0.2) is 0 Å². The summed E-state index contributed by atoms with van der Waals surface area (Å²) in [6.45, 7) is 6.92. The number of guanidine groups is 1. The van der Waals surface area contributed by atoms with E-state index in [1.54, 1.807) is 0 Å². The van der Waals surface area contributed by atoms with Gasteiger partial charge in [-0.1, -0.05) is 76.1 Å². The van der Waals surface area contributed by atoms with E-state index in [4.69, 9.17) is 10.1 Å². The molecule has 1 aromatic rings. The number of para-hydroxylation sites is 1. The van der Waals surface area contributed by atoms with Crippen LogP contribution in [0.3, 0.4) is 0 Å². The van der Waals surface area contributed by atoms with E-state index in [1.165, 1.54) is 50.6 Å². The number of unbranched alkanes of at least 4 members (excludes halogenated alkanes) is 1. The summed E-state index contributed by atoms with van der Waals surface area (Å²) in [5, 5.41) is 12.6. The molecule has 1 unspecified atom stereocenters. The Bertz CT molecular complexity index is 887. The molecule has 2 aliphatic heterocycles. The smallest absolute Gasteiger partial charge is 0.260 e. The quantitative estimate of drug-likeness (QED) is 0.422. The standard InChI is InChI=1S/C30H46N4O2/c1-3-5-18-30(21-24-12-8-6-9-13-24)27(4-2)34(29(31)32-30)22-25-16-19-33(20-17-25)28(35)23-36-26-14-10-7-11-15-26/h4,7,10-11,14-15,24-25H,3,5-6,8-9,12-13,16-23H2,1-2H3,(H2,31,32). The largest absolute Gasteiger partial charge is 0.484 e. The topological polar surface area (TPSA) is 68.7 Å². The highest BCUT2D eigenvalue weighted by Gasteiger charge is 2.46. The highest BCUT2D eigenvalue weighted by atomic mass is 16.5. The molecule has 0 spiro atoms. The molecule has 1 aliphatic carbocycles. The normalized spacial score (nSPS) is 24.8. The molecule has 3 fully saturated rings. The molecule has 0 aromatic heterocycles. The van der Waals surface area contributed by atoms with Gasteiger partial charge in [-0.15, -0.1) is 0 Å². The van der Waals surface area contributed by atoms with Crippen molar-refractivity contribution in [3.63, 3.8) is 0 Å². The molecule has 2 N–H and O–H groups in total. The molecular formula is C30H46N4O2. The lowest BCUT2D eigenvalue weighted by Crippen LogP contribution is -2.44. The number of hydrogen-bond acceptors (Lipinski definition) is 3. The second-order valence-electron chi connectivity index (χ2n) is 11.1. The summed E-state index contributed by atoms with van der Waals surface area (Å²) in [6.07, 6.45) is 15.6. The average Bonchev–Trinajstić information content (AvgIpc) is 3.17. The van der Waals surface area contributed by atoms with Crippen molar-refractivity contribution in [2.45, 2.75) is 90.0 Å². The molecule has 2 saturated heterocycles. The fourth-order valence-electron chi connectivity index (χ4n) is 6.55. The molecule has 1 saturated carbocycles. The number of nitrogens with one attached hydrogen (secondary N) is 2. The number of carbonyl (C=O) groups excluding carboxylic acids is 1. The summed E-state index contributed by atoms with van der Waals surface area (Å²) < 4.78 is 5.67. The van der Waals surface area contributed by atoms with Crippen molar-refractivity contribution < 1.29 is 9.53 Å². The number of ether oxygens (including phenoxy) is 1. The van der Waals surface area contributed by atoms with Crippen molar-refractivity contribution in [2.75, 3.05) is 26.2 Å². The Hall–Kier alpha value is -2.50. The second-order valence-corrected chi connectivity index (χ2v) is 11.1. The van der Waals surface area contributed by atoms with Crippen LogP contribution >= 0.6 is 0 Å². The Morgan fingerprint density at radius 3 is 2.50 bits per heavy atom. The first-order valence-electron chi connectivity index (χ1n) is 14.3. The average molecular weight is 495 g/mol. The predicted molar refractivity (Wildman–Crippen MR) is 146 cm³/mol. The van der Waals surface area contributed by atoms with Gasteiger partial charge in [0.15, 0.2) is 12.6 Å². The van der Waals surface area contributed by atoms with Gasteiger partial charge in [0.25, 0.3) is 5.91 Å². The fourth-order valence-corrected chi connectivity index (χ4v) is 6.55.